The van der Waals surface area contributed by atoms with Crippen LogP contribution in [-0.2, 0) is 10.8 Å². The van der Waals surface area contributed by atoms with Crippen molar-refractivity contribution in [3.63, 3.8) is 0 Å². The summed E-state index contributed by atoms with van der Waals surface area (Å²) in [5.74, 6) is 0. The highest BCUT2D eigenvalue weighted by Gasteiger charge is 2.45. The minimum atomic E-state index is -0.0132. The van der Waals surface area contributed by atoms with Crippen molar-refractivity contribution in [1.82, 2.24) is 4.48 Å². The maximum Gasteiger partial charge on any atom is 0.333 e. The fourth-order valence-corrected chi connectivity index (χ4v) is 11.7. The number of para-hydroxylation sites is 2. The summed E-state index contributed by atoms with van der Waals surface area (Å²) in [5, 5.41) is 6.38. The van der Waals surface area contributed by atoms with Crippen molar-refractivity contribution < 1.29 is 4.42 Å². The Bertz CT molecular complexity index is 3120. The SMILES string of the molecule is Cc1cc2c3c(c1)N(c1cc4c(cc1C)C(C)(C)CCC4(C)C)c1cc4c(cc1B3n1c3sc5ccccc5c3c3cccc-2c31)oc1ccccc14. The molecule has 0 bridgehead atoms. The maximum atomic E-state index is 6.69. The predicted octanol–water partition coefficient (Wildman–Crippen LogP) is 12.3. The number of thiophene rings is 1. The summed E-state index contributed by atoms with van der Waals surface area (Å²) in [7, 11) is 0. The number of benzene rings is 6. The minimum absolute atomic E-state index is 0.0132. The fourth-order valence-electron chi connectivity index (χ4n) is 10.5. The van der Waals surface area contributed by atoms with Gasteiger partial charge in [0.25, 0.3) is 0 Å². The van der Waals surface area contributed by atoms with E-state index in [9.17, 15) is 0 Å². The number of furan rings is 1. The molecule has 3 aromatic heterocycles. The molecule has 0 amide bonds. The quantitative estimate of drug-likeness (QED) is 0.159. The molecule has 0 spiro atoms. The van der Waals surface area contributed by atoms with E-state index in [1.165, 1.54) is 111 Å². The Morgan fingerprint density at radius 3 is 2.21 bits per heavy atom. The van der Waals surface area contributed by atoms with Crippen molar-refractivity contribution >= 4 is 99.3 Å². The summed E-state index contributed by atoms with van der Waals surface area (Å²) in [4.78, 5) is 3.97. The van der Waals surface area contributed by atoms with Crippen LogP contribution in [0.5, 0.6) is 0 Å². The summed E-state index contributed by atoms with van der Waals surface area (Å²) in [5.41, 5.74) is 18.2. The van der Waals surface area contributed by atoms with Crippen molar-refractivity contribution in [1.29, 1.82) is 0 Å². The molecule has 12 rings (SSSR count). The molecule has 0 saturated heterocycles. The van der Waals surface area contributed by atoms with Crippen LogP contribution in [0.1, 0.15) is 62.8 Å². The Hall–Kier alpha value is -5.26. The first-order chi connectivity index (χ1) is 25.6. The summed E-state index contributed by atoms with van der Waals surface area (Å²) in [6.07, 6.45) is 2.38. The summed E-state index contributed by atoms with van der Waals surface area (Å²) < 4.78 is 10.7. The molecule has 256 valence electrons. The van der Waals surface area contributed by atoms with Crippen LogP contribution in [0.3, 0.4) is 0 Å². The van der Waals surface area contributed by atoms with Crippen LogP contribution in [-0.4, -0.2) is 11.3 Å². The molecule has 0 saturated carbocycles. The molecule has 2 aliphatic heterocycles. The van der Waals surface area contributed by atoms with Gasteiger partial charge in [0.05, 0.1) is 4.83 Å². The first-order valence-electron chi connectivity index (χ1n) is 19.1. The van der Waals surface area contributed by atoms with Crippen LogP contribution in [0, 0.1) is 13.8 Å². The number of hydrogen-bond acceptors (Lipinski definition) is 3. The summed E-state index contributed by atoms with van der Waals surface area (Å²) in [6.45, 7) is 14.4. The number of aromatic nitrogens is 1. The number of anilines is 3. The first kappa shape index (κ1) is 30.2. The molecular formula is C48H39BN2OS. The molecule has 0 N–H and O–H groups in total. The highest BCUT2D eigenvalue weighted by atomic mass is 32.1. The highest BCUT2D eigenvalue weighted by molar-refractivity contribution is 7.26. The number of hydrogen-bond donors (Lipinski definition) is 0. The third kappa shape index (κ3) is 3.76. The summed E-state index contributed by atoms with van der Waals surface area (Å²) in [6, 6.07) is 39.3. The van der Waals surface area contributed by atoms with E-state index in [1.54, 1.807) is 0 Å². The smallest absolute Gasteiger partial charge is 0.333 e. The van der Waals surface area contributed by atoms with Gasteiger partial charge < -0.3 is 13.8 Å². The van der Waals surface area contributed by atoms with Gasteiger partial charge in [-0.15, -0.1) is 11.3 Å². The van der Waals surface area contributed by atoms with Crippen LogP contribution in [0.25, 0.3) is 64.3 Å². The standard InChI is InChI=1S/C48H39BN2OS/c1-26-20-33-29-14-11-15-31-43-30-13-8-10-17-42(30)53-46(43)51(45(29)31)49-36-25-41-32(28-12-7-9-16-40(28)52-41)23-38(36)50(39(21-26)44(33)49)37-24-35-34(22-27(37)2)47(3,4)18-19-48(35,5)6/h7-17,20-25H,18-19H2,1-6H3. The van der Waals surface area contributed by atoms with Gasteiger partial charge in [0.1, 0.15) is 11.2 Å². The van der Waals surface area contributed by atoms with Crippen LogP contribution < -0.4 is 15.8 Å². The lowest BCUT2D eigenvalue weighted by molar-refractivity contribution is 0.332. The topological polar surface area (TPSA) is 21.3 Å². The Labute approximate surface area is 313 Å². The molecule has 9 aromatic rings. The number of nitrogens with zero attached hydrogens (tertiary/aromatic N) is 2. The van der Waals surface area contributed by atoms with Gasteiger partial charge in [0.15, 0.2) is 0 Å². The molecule has 53 heavy (non-hydrogen) atoms. The molecule has 6 aromatic carbocycles. The van der Waals surface area contributed by atoms with E-state index >= 15 is 0 Å². The third-order valence-corrected chi connectivity index (χ3v) is 14.3. The van der Waals surface area contributed by atoms with Crippen LogP contribution in [0.15, 0.2) is 108 Å². The zero-order chi connectivity index (χ0) is 35.7. The molecular weight excluding hydrogens is 663 g/mol. The average Bonchev–Trinajstić information content (AvgIpc) is 3.80. The number of rotatable bonds is 1. The fraction of sp³-hybridized carbons (Fsp3) is 0.208. The molecule has 3 aliphatic rings. The van der Waals surface area contributed by atoms with Crippen molar-refractivity contribution in [2.45, 2.75) is 65.2 Å². The number of fused-ring (bicyclic) bond motifs is 13. The number of aryl methyl sites for hydroxylation is 2. The minimum Gasteiger partial charge on any atom is -0.456 e. The molecule has 3 nitrogen and oxygen atoms in total. The second-order valence-corrected chi connectivity index (χ2v) is 18.3. The normalized spacial score (nSPS) is 16.6. The van der Waals surface area contributed by atoms with Gasteiger partial charge in [-0.05, 0) is 113 Å². The van der Waals surface area contributed by atoms with Gasteiger partial charge in [0.2, 0.25) is 0 Å². The van der Waals surface area contributed by atoms with Gasteiger partial charge in [-0.2, -0.15) is 0 Å². The second-order valence-electron chi connectivity index (χ2n) is 17.3. The Kier molecular flexibility index (Phi) is 5.61. The van der Waals surface area contributed by atoms with E-state index in [0.717, 1.165) is 16.6 Å². The van der Waals surface area contributed by atoms with E-state index in [4.69, 9.17) is 4.42 Å². The lowest BCUT2D eigenvalue weighted by atomic mass is 9.45. The Balaban J connectivity index is 1.25. The van der Waals surface area contributed by atoms with Gasteiger partial charge in [0, 0.05) is 59.8 Å². The molecule has 1 aliphatic carbocycles. The van der Waals surface area contributed by atoms with E-state index in [-0.39, 0.29) is 17.7 Å². The monoisotopic (exact) mass is 702 g/mol. The van der Waals surface area contributed by atoms with E-state index in [2.05, 4.69) is 154 Å². The Morgan fingerprint density at radius 2 is 1.38 bits per heavy atom. The zero-order valence-corrected chi connectivity index (χ0v) is 31.8. The highest BCUT2D eigenvalue weighted by Crippen LogP contribution is 2.52. The van der Waals surface area contributed by atoms with Gasteiger partial charge in [-0.25, -0.2) is 0 Å². The predicted molar refractivity (Wildman–Crippen MR) is 227 cm³/mol. The van der Waals surface area contributed by atoms with Crippen LogP contribution >= 0.6 is 11.3 Å². The third-order valence-electron chi connectivity index (χ3n) is 13.2. The van der Waals surface area contributed by atoms with Crippen molar-refractivity contribution in [2.24, 2.45) is 0 Å². The second kappa shape index (κ2) is 9.83. The largest absolute Gasteiger partial charge is 0.456 e. The maximum absolute atomic E-state index is 6.69. The molecule has 0 atom stereocenters. The zero-order valence-electron chi connectivity index (χ0n) is 31.0. The molecule has 5 heterocycles. The lowest BCUT2D eigenvalue weighted by Gasteiger charge is -2.44. The van der Waals surface area contributed by atoms with Crippen molar-refractivity contribution in [3.8, 4) is 11.1 Å². The van der Waals surface area contributed by atoms with Crippen molar-refractivity contribution in [2.75, 3.05) is 4.90 Å². The summed E-state index contributed by atoms with van der Waals surface area (Å²) >= 11 is 1.93. The Morgan fingerprint density at radius 1 is 0.642 bits per heavy atom. The average molecular weight is 703 g/mol. The van der Waals surface area contributed by atoms with Gasteiger partial charge in [-0.3, -0.25) is 0 Å². The van der Waals surface area contributed by atoms with Gasteiger partial charge in [-0.1, -0.05) is 94.4 Å². The molecule has 0 radical (unpaired) electrons. The molecule has 0 unspecified atom stereocenters. The van der Waals surface area contributed by atoms with E-state index < -0.39 is 0 Å². The van der Waals surface area contributed by atoms with Gasteiger partial charge >= 0.3 is 6.85 Å². The van der Waals surface area contributed by atoms with E-state index in [1.807, 2.05) is 11.3 Å². The van der Waals surface area contributed by atoms with Crippen LogP contribution in [0.2, 0.25) is 0 Å². The lowest BCUT2D eigenvalue weighted by Crippen LogP contribution is -2.56. The molecule has 5 heteroatoms. The van der Waals surface area contributed by atoms with E-state index in [0.29, 0.717) is 0 Å². The van der Waals surface area contributed by atoms with Crippen molar-refractivity contribution in [3.05, 3.63) is 125 Å². The first-order valence-corrected chi connectivity index (χ1v) is 19.9. The molecule has 0 fully saturated rings. The van der Waals surface area contributed by atoms with Crippen LogP contribution in [0.4, 0.5) is 17.1 Å².